The van der Waals surface area contributed by atoms with Crippen LogP contribution < -0.4 is 0 Å². The van der Waals surface area contributed by atoms with Crippen molar-refractivity contribution in [2.45, 2.75) is 0 Å². The van der Waals surface area contributed by atoms with Gasteiger partial charge in [-0.3, -0.25) is 0 Å². The molecule has 2 nitrogen and oxygen atoms in total. The zero-order valence-electron chi connectivity index (χ0n) is 8.76. The fourth-order valence-corrected chi connectivity index (χ4v) is 1.79. The average Bonchev–Trinajstić information content (AvgIpc) is 2.20. The summed E-state index contributed by atoms with van der Waals surface area (Å²) in [6.07, 6.45) is 12.3. The fourth-order valence-electron chi connectivity index (χ4n) is 0.700. The zero-order valence-corrected chi connectivity index (χ0v) is 10.4. The summed E-state index contributed by atoms with van der Waals surface area (Å²) >= 11 is 0.493. The van der Waals surface area contributed by atoms with Crippen LogP contribution in [0.5, 0.6) is 0 Å². The number of nitrogens with zero attached hydrogens (tertiary/aromatic N) is 1. The largest absolute Gasteiger partial charge is 0.592 e. The van der Waals surface area contributed by atoms with Crippen LogP contribution in [0.4, 0.5) is 0 Å². The predicted octanol–water partition coefficient (Wildman–Crippen LogP) is 2.90. The first-order chi connectivity index (χ1) is 7.20. The highest BCUT2D eigenvalue weighted by Gasteiger charge is 1.92. The predicted molar refractivity (Wildman–Crippen MR) is 72.6 cm³/mol. The van der Waals surface area contributed by atoms with Crippen molar-refractivity contribution in [1.82, 2.24) is 0 Å². The quantitative estimate of drug-likeness (QED) is 0.390. The molecule has 82 valence electrons. The Morgan fingerprint density at radius 1 is 1.47 bits per heavy atom. The minimum absolute atomic E-state index is 0.695. The number of allylic oxidation sites excluding steroid dienone is 5. The molecule has 0 heterocycles. The fraction of sp³-hybridized carbons (Fsp3) is 0.182. The molecule has 0 rings (SSSR count). The van der Waals surface area contributed by atoms with Gasteiger partial charge >= 0.3 is 0 Å². The van der Waals surface area contributed by atoms with Gasteiger partial charge in [0.2, 0.25) is 0 Å². The summed E-state index contributed by atoms with van der Waals surface area (Å²) in [4.78, 5) is 1.07. The Morgan fingerprint density at radius 2 is 2.20 bits per heavy atom. The van der Waals surface area contributed by atoms with E-state index in [0.717, 1.165) is 4.91 Å². The van der Waals surface area contributed by atoms with Crippen LogP contribution in [0.2, 0.25) is 0 Å². The van der Waals surface area contributed by atoms with E-state index in [1.165, 1.54) is 0 Å². The van der Waals surface area contributed by atoms with Gasteiger partial charge in [0, 0.05) is 10.7 Å². The van der Waals surface area contributed by atoms with Gasteiger partial charge in [0.25, 0.3) is 0 Å². The average molecular weight is 241 g/mol. The van der Waals surface area contributed by atoms with Crippen molar-refractivity contribution in [2.24, 2.45) is 4.40 Å². The first kappa shape index (κ1) is 14.3. The van der Waals surface area contributed by atoms with Crippen LogP contribution >= 0.6 is 11.8 Å². The molecule has 0 spiro atoms. The lowest BCUT2D eigenvalue weighted by molar-refractivity contribution is 0.603. The van der Waals surface area contributed by atoms with E-state index in [9.17, 15) is 4.55 Å². The highest BCUT2D eigenvalue weighted by atomic mass is 32.2. The molecule has 0 aliphatic heterocycles. The van der Waals surface area contributed by atoms with Gasteiger partial charge in [-0.05, 0) is 12.2 Å². The van der Waals surface area contributed by atoms with E-state index >= 15 is 0 Å². The minimum atomic E-state index is -1.11. The minimum Gasteiger partial charge on any atom is -0.592 e. The maximum Gasteiger partial charge on any atom is 0.123 e. The Hall–Kier alpha value is -0.710. The van der Waals surface area contributed by atoms with Gasteiger partial charge in [-0.2, -0.15) is 0 Å². The molecule has 1 atom stereocenters. The zero-order chi connectivity index (χ0) is 11.5. The molecule has 0 aliphatic rings. The topological polar surface area (TPSA) is 35.4 Å². The molecular formula is C11H15NOS2. The van der Waals surface area contributed by atoms with Crippen LogP contribution in [0.15, 0.2) is 52.8 Å². The highest BCUT2D eigenvalue weighted by Crippen LogP contribution is 2.16. The summed E-state index contributed by atoms with van der Waals surface area (Å²) in [7, 11) is 0. The highest BCUT2D eigenvalue weighted by molar-refractivity contribution is 8.03. The van der Waals surface area contributed by atoms with Crippen LogP contribution in [0.25, 0.3) is 0 Å². The molecule has 0 saturated heterocycles. The maximum absolute atomic E-state index is 10.6. The molecule has 0 bridgehead atoms. The molecular weight excluding hydrogens is 226 g/mol. The molecule has 0 N–H and O–H groups in total. The standard InChI is InChI=1S/C11H15NOS2/c1-4-6-8-11(7-5-2)14-10-9-12-15(3)13/h4-9H,1-2,10H2,3H3/b8-6-,11-7+,12-9?. The SMILES string of the molecule is C=C/C=C\C(=C/C=C)SCC=N[S+](C)[O-]. The van der Waals surface area contributed by atoms with Crippen LogP contribution in [0.3, 0.4) is 0 Å². The third-order valence-electron chi connectivity index (χ3n) is 1.23. The Morgan fingerprint density at radius 3 is 2.73 bits per heavy atom. The number of hydrogen-bond acceptors (Lipinski definition) is 3. The van der Waals surface area contributed by atoms with Gasteiger partial charge in [0.1, 0.15) is 6.26 Å². The molecule has 0 aromatic carbocycles. The lowest BCUT2D eigenvalue weighted by Crippen LogP contribution is -1.91. The van der Waals surface area contributed by atoms with E-state index < -0.39 is 11.4 Å². The normalized spacial score (nSPS) is 14.7. The number of hydrogen-bond donors (Lipinski definition) is 0. The van der Waals surface area contributed by atoms with Gasteiger partial charge < -0.3 is 4.55 Å². The van der Waals surface area contributed by atoms with E-state index in [4.69, 9.17) is 0 Å². The van der Waals surface area contributed by atoms with E-state index in [1.807, 2.05) is 18.2 Å². The second kappa shape index (κ2) is 9.83. The second-order valence-corrected chi connectivity index (χ2v) is 4.57. The number of rotatable bonds is 7. The third kappa shape index (κ3) is 9.59. The lowest BCUT2D eigenvalue weighted by atomic mass is 10.4. The molecule has 0 aromatic heterocycles. The smallest absolute Gasteiger partial charge is 0.123 e. The molecule has 15 heavy (non-hydrogen) atoms. The Labute approximate surface area is 98.9 Å². The molecule has 1 unspecified atom stereocenters. The summed E-state index contributed by atoms with van der Waals surface area (Å²) in [5.74, 6) is 0.695. The molecule has 0 aromatic rings. The van der Waals surface area contributed by atoms with Crippen LogP contribution in [0.1, 0.15) is 0 Å². The van der Waals surface area contributed by atoms with Crippen LogP contribution in [0, 0.1) is 0 Å². The lowest BCUT2D eigenvalue weighted by Gasteiger charge is -1.97. The van der Waals surface area contributed by atoms with Crippen molar-refractivity contribution >= 4 is 29.3 Å². The van der Waals surface area contributed by atoms with E-state index in [0.29, 0.717) is 5.75 Å². The number of thioether (sulfide) groups is 1. The molecule has 0 saturated carbocycles. The van der Waals surface area contributed by atoms with Gasteiger partial charge in [-0.15, -0.1) is 11.8 Å². The molecule has 0 amide bonds. The van der Waals surface area contributed by atoms with E-state index in [1.54, 1.807) is 36.4 Å². The van der Waals surface area contributed by atoms with Crippen LogP contribution in [-0.2, 0) is 11.4 Å². The Bertz CT molecular complexity index is 280. The molecule has 4 heteroatoms. The monoisotopic (exact) mass is 241 g/mol. The Balaban J connectivity index is 4.08. The summed E-state index contributed by atoms with van der Waals surface area (Å²) in [5.41, 5.74) is 0. The first-order valence-electron chi connectivity index (χ1n) is 4.31. The van der Waals surface area contributed by atoms with Crippen molar-refractivity contribution in [3.05, 3.63) is 48.4 Å². The van der Waals surface area contributed by atoms with E-state index in [-0.39, 0.29) is 0 Å². The van der Waals surface area contributed by atoms with Crippen molar-refractivity contribution < 1.29 is 4.55 Å². The third-order valence-corrected chi connectivity index (χ3v) is 2.59. The molecule has 0 radical (unpaired) electrons. The molecule has 0 fully saturated rings. The van der Waals surface area contributed by atoms with Gasteiger partial charge in [-0.1, -0.05) is 35.8 Å². The summed E-state index contributed by atoms with van der Waals surface area (Å²) < 4.78 is 14.4. The van der Waals surface area contributed by atoms with Gasteiger partial charge in [0.15, 0.2) is 0 Å². The second-order valence-electron chi connectivity index (χ2n) is 2.42. The molecule has 0 aliphatic carbocycles. The van der Waals surface area contributed by atoms with Crippen LogP contribution in [-0.4, -0.2) is 22.8 Å². The van der Waals surface area contributed by atoms with E-state index in [2.05, 4.69) is 17.6 Å². The van der Waals surface area contributed by atoms with Crippen molar-refractivity contribution in [3.63, 3.8) is 0 Å². The van der Waals surface area contributed by atoms with Gasteiger partial charge in [-0.25, -0.2) is 0 Å². The maximum atomic E-state index is 10.6. The summed E-state index contributed by atoms with van der Waals surface area (Å²) in [5, 5.41) is 0. The first-order valence-corrected chi connectivity index (χ1v) is 6.81. The Kier molecular flexibility index (Phi) is 9.36. The van der Waals surface area contributed by atoms with Crippen molar-refractivity contribution in [1.29, 1.82) is 0 Å². The van der Waals surface area contributed by atoms with Gasteiger partial charge in [0.05, 0.1) is 17.6 Å². The van der Waals surface area contributed by atoms with Crippen molar-refractivity contribution in [2.75, 3.05) is 12.0 Å². The van der Waals surface area contributed by atoms with Crippen molar-refractivity contribution in [3.8, 4) is 0 Å². The summed E-state index contributed by atoms with van der Waals surface area (Å²) in [6.45, 7) is 7.23. The summed E-state index contributed by atoms with van der Waals surface area (Å²) in [6, 6.07) is 0.